The van der Waals surface area contributed by atoms with E-state index in [9.17, 15) is 8.78 Å². The maximum Gasteiger partial charge on any atom is 0.261 e. The van der Waals surface area contributed by atoms with E-state index < -0.39 is 13.0 Å². The zero-order valence-corrected chi connectivity index (χ0v) is 8.64. The third-order valence-electron chi connectivity index (χ3n) is 2.55. The quantitative estimate of drug-likeness (QED) is 0.721. The largest absolute Gasteiger partial charge is 0.371 e. The highest BCUT2D eigenvalue weighted by Gasteiger charge is 2.27. The summed E-state index contributed by atoms with van der Waals surface area (Å²) < 4.78 is 29.0. The Morgan fingerprint density at radius 1 is 1.43 bits per heavy atom. The van der Waals surface area contributed by atoms with Crippen LogP contribution >= 0.6 is 0 Å². The third-order valence-corrected chi connectivity index (χ3v) is 2.55. The molecule has 2 unspecified atom stereocenters. The smallest absolute Gasteiger partial charge is 0.261 e. The minimum Gasteiger partial charge on any atom is -0.371 e. The molecule has 4 heteroatoms. The first kappa shape index (κ1) is 11.9. The zero-order chi connectivity index (χ0) is 10.4. The molecule has 1 aliphatic rings. The Balaban J connectivity index is 2.21. The van der Waals surface area contributed by atoms with Crippen molar-refractivity contribution in [2.24, 2.45) is 0 Å². The molecule has 0 aromatic heterocycles. The molecule has 2 atom stereocenters. The van der Waals surface area contributed by atoms with Gasteiger partial charge in [-0.25, -0.2) is 8.78 Å². The molecule has 0 aromatic rings. The topological polar surface area (TPSA) is 21.3 Å². The Bertz CT molecular complexity index is 155. The average molecular weight is 207 g/mol. The van der Waals surface area contributed by atoms with Crippen molar-refractivity contribution in [2.45, 2.75) is 51.2 Å². The molecule has 1 fully saturated rings. The highest BCUT2D eigenvalue weighted by molar-refractivity contribution is 4.83. The van der Waals surface area contributed by atoms with Gasteiger partial charge in [-0.2, -0.15) is 0 Å². The lowest BCUT2D eigenvalue weighted by atomic mass is 10.2. The zero-order valence-electron chi connectivity index (χ0n) is 8.64. The maximum absolute atomic E-state index is 11.9. The van der Waals surface area contributed by atoms with Crippen LogP contribution in [0.5, 0.6) is 0 Å². The van der Waals surface area contributed by atoms with Crippen molar-refractivity contribution in [2.75, 3.05) is 13.2 Å². The predicted molar refractivity (Wildman–Crippen MR) is 51.7 cm³/mol. The fourth-order valence-corrected chi connectivity index (χ4v) is 1.89. The number of hydrogen-bond acceptors (Lipinski definition) is 2. The second-order valence-corrected chi connectivity index (χ2v) is 3.75. The van der Waals surface area contributed by atoms with Crippen molar-refractivity contribution >= 4 is 0 Å². The highest BCUT2D eigenvalue weighted by atomic mass is 19.3. The molecule has 1 saturated carbocycles. The Morgan fingerprint density at radius 2 is 2.21 bits per heavy atom. The second kappa shape index (κ2) is 6.30. The first-order chi connectivity index (χ1) is 6.74. The van der Waals surface area contributed by atoms with Crippen LogP contribution in [0.15, 0.2) is 0 Å². The van der Waals surface area contributed by atoms with Crippen LogP contribution in [0.3, 0.4) is 0 Å². The van der Waals surface area contributed by atoms with Crippen molar-refractivity contribution in [3.63, 3.8) is 0 Å². The van der Waals surface area contributed by atoms with Gasteiger partial charge >= 0.3 is 0 Å². The number of alkyl halides is 2. The summed E-state index contributed by atoms with van der Waals surface area (Å²) in [7, 11) is 0. The molecule has 84 valence electrons. The van der Waals surface area contributed by atoms with Crippen molar-refractivity contribution in [3.8, 4) is 0 Å². The molecule has 0 radical (unpaired) electrons. The lowest BCUT2D eigenvalue weighted by Gasteiger charge is -2.21. The molecular weight excluding hydrogens is 188 g/mol. The summed E-state index contributed by atoms with van der Waals surface area (Å²) in [6.07, 6.45) is 1.76. The van der Waals surface area contributed by atoms with Crippen molar-refractivity contribution < 1.29 is 13.5 Å². The molecular formula is C10H19F2NO. The summed E-state index contributed by atoms with van der Waals surface area (Å²) in [5, 5.41) is 3.34. The molecule has 0 amide bonds. The van der Waals surface area contributed by atoms with Gasteiger partial charge in [-0.15, -0.1) is 0 Å². The van der Waals surface area contributed by atoms with Crippen LogP contribution in [0.4, 0.5) is 8.78 Å². The van der Waals surface area contributed by atoms with Gasteiger partial charge < -0.3 is 10.1 Å². The average Bonchev–Trinajstić information content (AvgIpc) is 2.58. The minimum atomic E-state index is -2.34. The van der Waals surface area contributed by atoms with E-state index in [2.05, 4.69) is 12.2 Å². The van der Waals surface area contributed by atoms with Gasteiger partial charge in [-0.1, -0.05) is 6.92 Å². The van der Waals surface area contributed by atoms with Crippen LogP contribution in [0.25, 0.3) is 0 Å². The summed E-state index contributed by atoms with van der Waals surface area (Å²) >= 11 is 0. The Kier molecular flexibility index (Phi) is 5.33. The number of ether oxygens (including phenoxy) is 1. The van der Waals surface area contributed by atoms with E-state index in [0.29, 0.717) is 0 Å². The molecule has 0 aromatic carbocycles. The van der Waals surface area contributed by atoms with Crippen LogP contribution in [0, 0.1) is 0 Å². The van der Waals surface area contributed by atoms with E-state index in [1.165, 1.54) is 0 Å². The fraction of sp³-hybridized carbons (Fsp3) is 1.00. The Hall–Kier alpha value is -0.220. The normalized spacial score (nSPS) is 27.4. The number of rotatable bonds is 6. The molecule has 2 nitrogen and oxygen atoms in total. The monoisotopic (exact) mass is 207 g/mol. The third kappa shape index (κ3) is 3.88. The molecule has 0 heterocycles. The molecule has 1 rings (SSSR count). The van der Waals surface area contributed by atoms with E-state index in [0.717, 1.165) is 32.2 Å². The molecule has 0 aliphatic heterocycles. The first-order valence-electron chi connectivity index (χ1n) is 5.37. The molecule has 1 N–H and O–H groups in total. The molecule has 0 bridgehead atoms. The number of halogens is 2. The van der Waals surface area contributed by atoms with Gasteiger partial charge in [0.2, 0.25) is 0 Å². The van der Waals surface area contributed by atoms with Gasteiger partial charge in [0.15, 0.2) is 0 Å². The Morgan fingerprint density at radius 3 is 2.86 bits per heavy atom. The van der Waals surface area contributed by atoms with Gasteiger partial charge in [-0.3, -0.25) is 0 Å². The van der Waals surface area contributed by atoms with Crippen molar-refractivity contribution in [1.29, 1.82) is 0 Å². The lowest BCUT2D eigenvalue weighted by Crippen LogP contribution is -2.38. The SMILES string of the molecule is CCCNC1CCCC1OCC(F)F. The Labute approximate surface area is 84.0 Å². The van der Waals surface area contributed by atoms with Crippen LogP contribution in [0.2, 0.25) is 0 Å². The van der Waals surface area contributed by atoms with Crippen molar-refractivity contribution in [1.82, 2.24) is 5.32 Å². The van der Waals surface area contributed by atoms with E-state index >= 15 is 0 Å². The van der Waals surface area contributed by atoms with E-state index in [4.69, 9.17) is 4.74 Å². The van der Waals surface area contributed by atoms with Crippen molar-refractivity contribution in [3.05, 3.63) is 0 Å². The summed E-state index contributed by atoms with van der Waals surface area (Å²) in [6, 6.07) is 0.286. The first-order valence-corrected chi connectivity index (χ1v) is 5.37. The standard InChI is InChI=1S/C10H19F2NO/c1-2-6-13-8-4-3-5-9(8)14-7-10(11)12/h8-10,13H,2-7H2,1H3. The maximum atomic E-state index is 11.9. The second-order valence-electron chi connectivity index (χ2n) is 3.75. The minimum absolute atomic E-state index is 0.00412. The van der Waals surface area contributed by atoms with Crippen LogP contribution < -0.4 is 5.32 Å². The molecule has 14 heavy (non-hydrogen) atoms. The van der Waals surface area contributed by atoms with E-state index in [-0.39, 0.29) is 12.1 Å². The lowest BCUT2D eigenvalue weighted by molar-refractivity contribution is -0.0302. The number of hydrogen-bond donors (Lipinski definition) is 1. The summed E-state index contributed by atoms with van der Waals surface area (Å²) in [5.74, 6) is 0. The molecule has 0 saturated heterocycles. The van der Waals surface area contributed by atoms with Crippen LogP contribution in [-0.2, 0) is 4.74 Å². The van der Waals surface area contributed by atoms with Gasteiger partial charge in [0, 0.05) is 6.04 Å². The van der Waals surface area contributed by atoms with Gasteiger partial charge in [0.1, 0.15) is 6.61 Å². The van der Waals surface area contributed by atoms with E-state index in [1.807, 2.05) is 0 Å². The highest BCUT2D eigenvalue weighted by Crippen LogP contribution is 2.22. The molecule has 0 spiro atoms. The van der Waals surface area contributed by atoms with Gasteiger partial charge in [-0.05, 0) is 32.2 Å². The summed E-state index contributed by atoms with van der Waals surface area (Å²) in [4.78, 5) is 0. The summed E-state index contributed by atoms with van der Waals surface area (Å²) in [6.45, 7) is 2.62. The van der Waals surface area contributed by atoms with Gasteiger partial charge in [0.05, 0.1) is 6.10 Å². The van der Waals surface area contributed by atoms with Crippen LogP contribution in [-0.4, -0.2) is 31.7 Å². The summed E-state index contributed by atoms with van der Waals surface area (Å²) in [5.41, 5.74) is 0. The fourth-order valence-electron chi connectivity index (χ4n) is 1.89. The van der Waals surface area contributed by atoms with Crippen LogP contribution in [0.1, 0.15) is 32.6 Å². The van der Waals surface area contributed by atoms with Gasteiger partial charge in [0.25, 0.3) is 6.43 Å². The number of nitrogens with one attached hydrogen (secondary N) is 1. The predicted octanol–water partition coefficient (Wildman–Crippen LogP) is 2.19. The van der Waals surface area contributed by atoms with E-state index in [1.54, 1.807) is 0 Å². The molecule has 1 aliphatic carbocycles.